The van der Waals surface area contributed by atoms with Crippen molar-refractivity contribution in [3.8, 4) is 33.6 Å². The minimum absolute atomic E-state index is 0.0781. The molecule has 4 aromatic carbocycles. The van der Waals surface area contributed by atoms with Crippen molar-refractivity contribution in [1.82, 2.24) is 40.4 Å². The van der Waals surface area contributed by atoms with Crippen LogP contribution in [0.4, 0.5) is 9.59 Å². The first kappa shape index (κ1) is 38.6. The van der Waals surface area contributed by atoms with Crippen molar-refractivity contribution in [2.75, 3.05) is 27.3 Å². The van der Waals surface area contributed by atoms with Crippen molar-refractivity contribution < 1.29 is 28.7 Å². The molecule has 5 atom stereocenters. The predicted molar refractivity (Wildman–Crippen MR) is 224 cm³/mol. The molecule has 3 aliphatic rings. The molecular weight excluding hydrogens is 761 g/mol. The fourth-order valence-corrected chi connectivity index (χ4v) is 9.31. The third kappa shape index (κ3) is 7.44. The Hall–Kier alpha value is -6.96. The number of alkyl carbamates (subject to hydrolysis) is 2. The maximum atomic E-state index is 14.3. The number of piperidine rings is 1. The highest BCUT2D eigenvalue weighted by Gasteiger charge is 2.51. The van der Waals surface area contributed by atoms with Gasteiger partial charge >= 0.3 is 12.2 Å². The average Bonchev–Trinajstić information content (AvgIpc) is 4.16. The van der Waals surface area contributed by atoms with Crippen molar-refractivity contribution in [3.63, 3.8) is 0 Å². The van der Waals surface area contributed by atoms with Gasteiger partial charge in [-0.25, -0.2) is 19.6 Å². The summed E-state index contributed by atoms with van der Waals surface area (Å²) in [5.74, 6) is 1.41. The SMILES string of the molecule is COC(=O)NCC(=O)N1CCC[C@H]1c1ncc(-c2ccc3cc(-c4ccc(-c5cnc([C@@H]6[C@H]7CC[C@H](C7)N6C(=O)[C@H](NC(=O)OC)c6ccccc6)[nH]5)cc4)ccc3c2)[nH]1. The van der Waals surface area contributed by atoms with Crippen LogP contribution in [0.1, 0.15) is 67.4 Å². The van der Waals surface area contributed by atoms with Gasteiger partial charge in [0.1, 0.15) is 24.2 Å². The van der Waals surface area contributed by atoms with Crippen LogP contribution < -0.4 is 10.6 Å². The fourth-order valence-electron chi connectivity index (χ4n) is 9.31. The van der Waals surface area contributed by atoms with E-state index in [0.29, 0.717) is 12.1 Å². The summed E-state index contributed by atoms with van der Waals surface area (Å²) in [6, 6.07) is 29.2. The molecule has 9 rings (SSSR count). The number of likely N-dealkylation sites (tertiary alicyclic amines) is 2. The van der Waals surface area contributed by atoms with E-state index in [0.717, 1.165) is 88.2 Å². The minimum Gasteiger partial charge on any atom is -0.453 e. The van der Waals surface area contributed by atoms with Gasteiger partial charge in [0.25, 0.3) is 5.91 Å². The van der Waals surface area contributed by atoms with Crippen LogP contribution in [0, 0.1) is 5.92 Å². The first-order valence-corrected chi connectivity index (χ1v) is 20.4. The second kappa shape index (κ2) is 16.4. The van der Waals surface area contributed by atoms with Gasteiger partial charge in [0.15, 0.2) is 0 Å². The number of aromatic nitrogens is 4. The van der Waals surface area contributed by atoms with Crippen LogP contribution in [0.2, 0.25) is 0 Å². The lowest BCUT2D eigenvalue weighted by molar-refractivity contribution is -0.138. The Bertz CT molecular complexity index is 2550. The third-order valence-corrected chi connectivity index (χ3v) is 12.3. The molecule has 0 radical (unpaired) electrons. The number of ether oxygens (including phenoxy) is 2. The number of benzene rings is 4. The fraction of sp³-hybridized carbons (Fsp3) is 0.304. The normalized spacial score (nSPS) is 20.0. The molecule has 306 valence electrons. The monoisotopic (exact) mass is 806 g/mol. The van der Waals surface area contributed by atoms with Gasteiger partial charge in [-0.3, -0.25) is 9.59 Å². The van der Waals surface area contributed by atoms with E-state index >= 15 is 0 Å². The largest absolute Gasteiger partial charge is 0.453 e. The Morgan fingerprint density at radius 3 is 2.15 bits per heavy atom. The molecule has 2 aromatic heterocycles. The van der Waals surface area contributed by atoms with E-state index in [1.165, 1.54) is 14.2 Å². The van der Waals surface area contributed by atoms with Gasteiger partial charge in [0.05, 0.1) is 50.1 Å². The zero-order valence-electron chi connectivity index (χ0n) is 33.4. The smallest absolute Gasteiger partial charge is 0.407 e. The maximum Gasteiger partial charge on any atom is 0.407 e. The molecule has 1 aliphatic carbocycles. The molecule has 4 amide bonds. The summed E-state index contributed by atoms with van der Waals surface area (Å²) in [5, 5.41) is 7.44. The molecule has 4 N–H and O–H groups in total. The molecule has 6 aromatic rings. The van der Waals surface area contributed by atoms with Gasteiger partial charge in [0.2, 0.25) is 5.91 Å². The number of carbonyl (C=O) groups is 4. The Kier molecular flexibility index (Phi) is 10.5. The highest BCUT2D eigenvalue weighted by Crippen LogP contribution is 2.50. The summed E-state index contributed by atoms with van der Waals surface area (Å²) in [5.41, 5.74) is 6.59. The van der Waals surface area contributed by atoms with Gasteiger partial charge in [-0.1, -0.05) is 78.9 Å². The number of nitrogens with one attached hydrogen (secondary N) is 4. The second-order valence-corrected chi connectivity index (χ2v) is 15.7. The van der Waals surface area contributed by atoms with Gasteiger partial charge in [-0.2, -0.15) is 0 Å². The number of H-pyrrole nitrogens is 2. The van der Waals surface area contributed by atoms with Crippen molar-refractivity contribution >= 4 is 34.8 Å². The van der Waals surface area contributed by atoms with E-state index in [2.05, 4.69) is 91.0 Å². The van der Waals surface area contributed by atoms with E-state index in [4.69, 9.17) is 9.72 Å². The van der Waals surface area contributed by atoms with Crippen LogP contribution in [-0.4, -0.2) is 87.1 Å². The predicted octanol–water partition coefficient (Wildman–Crippen LogP) is 7.46. The molecule has 60 heavy (non-hydrogen) atoms. The van der Waals surface area contributed by atoms with Gasteiger partial charge in [-0.15, -0.1) is 0 Å². The Labute approximate surface area is 346 Å². The summed E-state index contributed by atoms with van der Waals surface area (Å²) in [6.07, 6.45) is 6.85. The Morgan fingerprint density at radius 1 is 0.750 bits per heavy atom. The number of imidazole rings is 2. The Balaban J connectivity index is 0.889. The molecular formula is C46H46N8O6. The zero-order valence-corrected chi connectivity index (χ0v) is 33.4. The molecule has 14 nitrogen and oxygen atoms in total. The van der Waals surface area contributed by atoms with E-state index < -0.39 is 18.2 Å². The lowest BCUT2D eigenvalue weighted by Gasteiger charge is -2.36. The van der Waals surface area contributed by atoms with Crippen LogP contribution in [0.25, 0.3) is 44.4 Å². The van der Waals surface area contributed by atoms with E-state index in [-0.39, 0.29) is 42.4 Å². The summed E-state index contributed by atoms with van der Waals surface area (Å²) in [6.45, 7) is 0.480. The van der Waals surface area contributed by atoms with Crippen molar-refractivity contribution in [3.05, 3.63) is 121 Å². The van der Waals surface area contributed by atoms with E-state index in [1.807, 2.05) is 47.6 Å². The molecule has 4 heterocycles. The first-order chi connectivity index (χ1) is 29.3. The number of carbonyl (C=O) groups excluding carboxylic acids is 4. The lowest BCUT2D eigenvalue weighted by Crippen LogP contribution is -2.47. The second-order valence-electron chi connectivity index (χ2n) is 15.7. The summed E-state index contributed by atoms with van der Waals surface area (Å²) < 4.78 is 9.48. The molecule has 1 saturated carbocycles. The zero-order chi connectivity index (χ0) is 41.3. The minimum atomic E-state index is -0.873. The number of methoxy groups -OCH3 is 2. The molecule has 3 fully saturated rings. The number of nitrogens with zero attached hydrogens (tertiary/aromatic N) is 4. The molecule has 0 spiro atoms. The molecule has 2 bridgehead atoms. The van der Waals surface area contributed by atoms with Crippen LogP contribution in [0.5, 0.6) is 0 Å². The van der Waals surface area contributed by atoms with Crippen molar-refractivity contribution in [1.29, 1.82) is 0 Å². The molecule has 2 saturated heterocycles. The molecule has 2 aliphatic heterocycles. The van der Waals surface area contributed by atoms with E-state index in [9.17, 15) is 19.2 Å². The average molecular weight is 807 g/mol. The van der Waals surface area contributed by atoms with Gasteiger partial charge in [-0.05, 0) is 83.2 Å². The molecule has 0 unspecified atom stereocenters. The van der Waals surface area contributed by atoms with Gasteiger partial charge in [0, 0.05) is 18.2 Å². The number of rotatable bonds is 10. The topological polar surface area (TPSA) is 175 Å². The maximum absolute atomic E-state index is 14.3. The first-order valence-electron chi connectivity index (χ1n) is 20.4. The number of aromatic amines is 2. The number of fused-ring (bicyclic) bond motifs is 3. The summed E-state index contributed by atoms with van der Waals surface area (Å²) in [4.78, 5) is 71.1. The number of amides is 4. The number of hydrogen-bond acceptors (Lipinski definition) is 8. The molecule has 14 heteroatoms. The van der Waals surface area contributed by atoms with Crippen molar-refractivity contribution in [2.24, 2.45) is 5.92 Å². The Morgan fingerprint density at radius 2 is 1.40 bits per heavy atom. The van der Waals surface area contributed by atoms with Crippen LogP contribution in [-0.2, 0) is 19.1 Å². The lowest BCUT2D eigenvalue weighted by atomic mass is 9.96. The quantitative estimate of drug-likeness (QED) is 0.110. The van der Waals surface area contributed by atoms with Crippen LogP contribution >= 0.6 is 0 Å². The standard InChI is InChI=1S/C46H46N8O6/c1-59-45(57)49-26-39(55)53-20-6-9-38(53)42-47-25-37(50-42)33-17-16-31-21-30(14-15-32(31)22-33)27-10-12-28(13-11-27)36-24-48-43(51-36)41-34-18-19-35(23-34)54(41)44(56)40(52-46(58)60-2)29-7-4-3-5-8-29/h3-5,7-8,10-17,21-22,24-25,34-35,38,40-41H,6,9,18-20,23,26H2,1-2H3,(H,47,50)(H,48,51)(H,49,57)(H,52,58)/t34-,35+,38-,40+,41-/m0/s1. The van der Waals surface area contributed by atoms with E-state index in [1.54, 1.807) is 4.90 Å². The third-order valence-electron chi connectivity index (χ3n) is 12.3. The van der Waals surface area contributed by atoms with Crippen LogP contribution in [0.15, 0.2) is 103 Å². The van der Waals surface area contributed by atoms with Gasteiger partial charge < -0.3 is 39.9 Å². The summed E-state index contributed by atoms with van der Waals surface area (Å²) in [7, 11) is 2.57. The summed E-state index contributed by atoms with van der Waals surface area (Å²) >= 11 is 0. The van der Waals surface area contributed by atoms with Crippen molar-refractivity contribution in [2.45, 2.75) is 56.3 Å². The number of hydrogen-bond donors (Lipinski definition) is 4. The highest BCUT2D eigenvalue weighted by atomic mass is 16.5. The highest BCUT2D eigenvalue weighted by molar-refractivity contribution is 5.91. The van der Waals surface area contributed by atoms with Crippen LogP contribution in [0.3, 0.4) is 0 Å².